The second-order valence-electron chi connectivity index (χ2n) is 4.98. The maximum atomic E-state index is 12.1. The van der Waals surface area contributed by atoms with Crippen molar-refractivity contribution in [3.05, 3.63) is 29.8 Å². The standard InChI is InChI=1S/C15H24N2O2/c1-11(2)14(10-16-3)15(18)17-9-12-6-5-7-13(8-12)19-4/h5-8,11,14,16H,9-10H2,1-4H3,(H,17,18). The van der Waals surface area contributed by atoms with Gasteiger partial charge in [0.1, 0.15) is 5.75 Å². The molecular formula is C15H24N2O2. The maximum absolute atomic E-state index is 12.1. The molecule has 2 N–H and O–H groups in total. The highest BCUT2D eigenvalue weighted by Gasteiger charge is 2.20. The van der Waals surface area contributed by atoms with Crippen LogP contribution in [0.4, 0.5) is 0 Å². The summed E-state index contributed by atoms with van der Waals surface area (Å²) in [4.78, 5) is 12.1. The molecule has 0 aromatic heterocycles. The zero-order valence-electron chi connectivity index (χ0n) is 12.2. The molecule has 19 heavy (non-hydrogen) atoms. The number of rotatable bonds is 7. The van der Waals surface area contributed by atoms with Gasteiger partial charge in [-0.3, -0.25) is 4.79 Å². The summed E-state index contributed by atoms with van der Waals surface area (Å²) in [5.74, 6) is 1.21. The first kappa shape index (κ1) is 15.5. The molecule has 0 radical (unpaired) electrons. The number of carbonyl (C=O) groups is 1. The smallest absolute Gasteiger partial charge is 0.224 e. The minimum Gasteiger partial charge on any atom is -0.497 e. The van der Waals surface area contributed by atoms with Gasteiger partial charge in [0.2, 0.25) is 5.91 Å². The fourth-order valence-corrected chi connectivity index (χ4v) is 1.95. The number of hydrogen-bond donors (Lipinski definition) is 2. The summed E-state index contributed by atoms with van der Waals surface area (Å²) < 4.78 is 5.16. The average Bonchev–Trinajstić information content (AvgIpc) is 2.42. The van der Waals surface area contributed by atoms with Crippen LogP contribution in [0.2, 0.25) is 0 Å². The van der Waals surface area contributed by atoms with Crippen LogP contribution >= 0.6 is 0 Å². The van der Waals surface area contributed by atoms with Crippen LogP contribution in [0.15, 0.2) is 24.3 Å². The van der Waals surface area contributed by atoms with E-state index in [0.29, 0.717) is 19.0 Å². The Kier molecular flexibility index (Phi) is 6.36. The number of methoxy groups -OCH3 is 1. The third-order valence-corrected chi connectivity index (χ3v) is 3.17. The molecule has 0 saturated heterocycles. The van der Waals surface area contributed by atoms with Crippen LogP contribution in [0.25, 0.3) is 0 Å². The maximum Gasteiger partial charge on any atom is 0.224 e. The van der Waals surface area contributed by atoms with Crippen LogP contribution in [-0.2, 0) is 11.3 Å². The van der Waals surface area contributed by atoms with Gasteiger partial charge < -0.3 is 15.4 Å². The summed E-state index contributed by atoms with van der Waals surface area (Å²) >= 11 is 0. The van der Waals surface area contributed by atoms with E-state index in [4.69, 9.17) is 4.74 Å². The molecule has 0 fully saturated rings. The molecule has 0 saturated carbocycles. The van der Waals surface area contributed by atoms with Crippen molar-refractivity contribution in [1.82, 2.24) is 10.6 Å². The Morgan fingerprint density at radius 2 is 2.11 bits per heavy atom. The number of ether oxygens (including phenoxy) is 1. The minimum absolute atomic E-state index is 0.00407. The summed E-state index contributed by atoms with van der Waals surface area (Å²) in [6.45, 7) is 5.35. The van der Waals surface area contributed by atoms with Crippen LogP contribution in [-0.4, -0.2) is 26.6 Å². The summed E-state index contributed by atoms with van der Waals surface area (Å²) in [6, 6.07) is 7.73. The molecule has 1 atom stereocenters. The highest BCUT2D eigenvalue weighted by atomic mass is 16.5. The second-order valence-corrected chi connectivity index (χ2v) is 4.98. The second kappa shape index (κ2) is 7.79. The average molecular weight is 264 g/mol. The molecule has 1 rings (SSSR count). The number of amides is 1. The van der Waals surface area contributed by atoms with Gasteiger partial charge >= 0.3 is 0 Å². The lowest BCUT2D eigenvalue weighted by molar-refractivity contribution is -0.126. The van der Waals surface area contributed by atoms with Gasteiger partial charge in [-0.15, -0.1) is 0 Å². The van der Waals surface area contributed by atoms with E-state index in [0.717, 1.165) is 11.3 Å². The van der Waals surface area contributed by atoms with E-state index in [1.54, 1.807) is 7.11 Å². The van der Waals surface area contributed by atoms with Gasteiger partial charge in [0, 0.05) is 13.1 Å². The lowest BCUT2D eigenvalue weighted by Gasteiger charge is -2.19. The van der Waals surface area contributed by atoms with Gasteiger partial charge in [0.15, 0.2) is 0 Å². The molecule has 0 heterocycles. The van der Waals surface area contributed by atoms with Crippen molar-refractivity contribution in [2.45, 2.75) is 20.4 Å². The SMILES string of the molecule is CNCC(C(=O)NCc1cccc(OC)c1)C(C)C. The first-order valence-electron chi connectivity index (χ1n) is 6.63. The Morgan fingerprint density at radius 1 is 1.37 bits per heavy atom. The van der Waals surface area contributed by atoms with Crippen molar-refractivity contribution < 1.29 is 9.53 Å². The zero-order chi connectivity index (χ0) is 14.3. The van der Waals surface area contributed by atoms with E-state index in [9.17, 15) is 4.79 Å². The first-order chi connectivity index (χ1) is 9.08. The predicted molar refractivity (Wildman–Crippen MR) is 77.1 cm³/mol. The molecule has 1 aromatic carbocycles. The van der Waals surface area contributed by atoms with E-state index in [1.165, 1.54) is 0 Å². The van der Waals surface area contributed by atoms with Gasteiger partial charge in [-0.1, -0.05) is 26.0 Å². The summed E-state index contributed by atoms with van der Waals surface area (Å²) in [7, 11) is 3.50. The van der Waals surface area contributed by atoms with Crippen molar-refractivity contribution in [2.24, 2.45) is 11.8 Å². The quantitative estimate of drug-likeness (QED) is 0.789. The largest absolute Gasteiger partial charge is 0.497 e. The highest BCUT2D eigenvalue weighted by molar-refractivity contribution is 5.79. The normalized spacial score (nSPS) is 12.3. The summed E-state index contributed by atoms with van der Waals surface area (Å²) in [5, 5.41) is 6.05. The number of nitrogens with one attached hydrogen (secondary N) is 2. The Morgan fingerprint density at radius 3 is 2.68 bits per heavy atom. The van der Waals surface area contributed by atoms with E-state index in [-0.39, 0.29) is 11.8 Å². The third-order valence-electron chi connectivity index (χ3n) is 3.17. The van der Waals surface area contributed by atoms with Crippen LogP contribution in [0.5, 0.6) is 5.75 Å². The molecule has 0 spiro atoms. The van der Waals surface area contributed by atoms with Crippen molar-refractivity contribution in [3.63, 3.8) is 0 Å². The Hall–Kier alpha value is -1.55. The fourth-order valence-electron chi connectivity index (χ4n) is 1.95. The van der Waals surface area contributed by atoms with Gasteiger partial charge in [-0.2, -0.15) is 0 Å². The molecule has 106 valence electrons. The molecule has 1 amide bonds. The predicted octanol–water partition coefficient (Wildman–Crippen LogP) is 1.80. The lowest BCUT2D eigenvalue weighted by atomic mass is 9.95. The van der Waals surface area contributed by atoms with Crippen LogP contribution in [0.3, 0.4) is 0 Å². The number of hydrogen-bond acceptors (Lipinski definition) is 3. The van der Waals surface area contributed by atoms with E-state index in [2.05, 4.69) is 24.5 Å². The van der Waals surface area contributed by atoms with Gasteiger partial charge in [-0.25, -0.2) is 0 Å². The molecule has 4 heteroatoms. The van der Waals surface area contributed by atoms with E-state index in [1.807, 2.05) is 31.3 Å². The Balaban J connectivity index is 2.56. The Labute approximate surface area is 115 Å². The van der Waals surface area contributed by atoms with Crippen LogP contribution < -0.4 is 15.4 Å². The Bertz CT molecular complexity index is 405. The molecule has 0 bridgehead atoms. The van der Waals surface area contributed by atoms with Crippen LogP contribution in [0, 0.1) is 11.8 Å². The first-order valence-corrected chi connectivity index (χ1v) is 6.63. The van der Waals surface area contributed by atoms with Crippen LogP contribution in [0.1, 0.15) is 19.4 Å². The number of carbonyl (C=O) groups excluding carboxylic acids is 1. The summed E-state index contributed by atoms with van der Waals surface area (Å²) in [6.07, 6.45) is 0. The zero-order valence-corrected chi connectivity index (χ0v) is 12.2. The minimum atomic E-state index is -0.00407. The van der Waals surface area contributed by atoms with Gasteiger partial charge in [-0.05, 0) is 30.7 Å². The monoisotopic (exact) mass is 264 g/mol. The number of benzene rings is 1. The van der Waals surface area contributed by atoms with E-state index < -0.39 is 0 Å². The van der Waals surface area contributed by atoms with Crippen molar-refractivity contribution in [3.8, 4) is 5.75 Å². The molecule has 0 aliphatic rings. The summed E-state index contributed by atoms with van der Waals surface area (Å²) in [5.41, 5.74) is 1.04. The van der Waals surface area contributed by atoms with Gasteiger partial charge in [0.05, 0.1) is 13.0 Å². The lowest BCUT2D eigenvalue weighted by Crippen LogP contribution is -2.38. The van der Waals surface area contributed by atoms with Gasteiger partial charge in [0.25, 0.3) is 0 Å². The van der Waals surface area contributed by atoms with E-state index >= 15 is 0 Å². The van der Waals surface area contributed by atoms with Crippen molar-refractivity contribution >= 4 is 5.91 Å². The highest BCUT2D eigenvalue weighted by Crippen LogP contribution is 2.13. The molecule has 0 aliphatic heterocycles. The van der Waals surface area contributed by atoms with Crippen molar-refractivity contribution in [1.29, 1.82) is 0 Å². The molecule has 1 aromatic rings. The fraction of sp³-hybridized carbons (Fsp3) is 0.533. The third kappa shape index (κ3) is 4.91. The molecule has 0 aliphatic carbocycles. The topological polar surface area (TPSA) is 50.4 Å². The molecule has 1 unspecified atom stereocenters. The molecule has 4 nitrogen and oxygen atoms in total. The van der Waals surface area contributed by atoms with Crippen molar-refractivity contribution in [2.75, 3.05) is 20.7 Å². The molecular weight excluding hydrogens is 240 g/mol.